The van der Waals surface area contributed by atoms with Crippen LogP contribution in [0, 0.1) is 6.92 Å². The summed E-state index contributed by atoms with van der Waals surface area (Å²) >= 11 is 0. The Balaban J connectivity index is 2.29. The summed E-state index contributed by atoms with van der Waals surface area (Å²) in [6.45, 7) is 8.32. The van der Waals surface area contributed by atoms with E-state index in [2.05, 4.69) is 15.3 Å². The summed E-state index contributed by atoms with van der Waals surface area (Å²) in [5.41, 5.74) is 0.521. The van der Waals surface area contributed by atoms with Gasteiger partial charge in [-0.25, -0.2) is 8.42 Å². The van der Waals surface area contributed by atoms with Crippen molar-refractivity contribution in [3.05, 3.63) is 23.8 Å². The minimum Gasteiger partial charge on any atom is -0.302 e. The molecule has 0 aliphatic rings. The monoisotopic (exact) mass is 311 g/mol. The maximum absolute atomic E-state index is 12.5. The second-order valence-electron chi connectivity index (χ2n) is 5.32. The molecule has 0 bridgehead atoms. The van der Waals surface area contributed by atoms with Crippen LogP contribution in [0.15, 0.2) is 17.4 Å². The van der Waals surface area contributed by atoms with Crippen LogP contribution in [0.4, 0.5) is 0 Å². The van der Waals surface area contributed by atoms with E-state index in [0.717, 1.165) is 6.42 Å². The average molecular weight is 311 g/mol. The molecule has 2 rings (SSSR count). The molecule has 0 atom stereocenters. The first-order chi connectivity index (χ1) is 9.85. The molecule has 0 aromatic carbocycles. The summed E-state index contributed by atoms with van der Waals surface area (Å²) in [4.78, 5) is 0. The van der Waals surface area contributed by atoms with Crippen molar-refractivity contribution in [1.29, 1.82) is 0 Å². The van der Waals surface area contributed by atoms with Crippen LogP contribution in [-0.4, -0.2) is 33.0 Å². The van der Waals surface area contributed by atoms with Crippen LogP contribution < -0.4 is 0 Å². The van der Waals surface area contributed by atoms with Gasteiger partial charge >= 0.3 is 0 Å². The summed E-state index contributed by atoms with van der Waals surface area (Å²) in [6.07, 6.45) is 2.61. The third-order valence-electron chi connectivity index (χ3n) is 3.16. The van der Waals surface area contributed by atoms with Crippen molar-refractivity contribution >= 4 is 9.84 Å². The number of sulfone groups is 1. The van der Waals surface area contributed by atoms with Gasteiger partial charge < -0.3 is 4.57 Å². The highest BCUT2D eigenvalue weighted by Crippen LogP contribution is 2.16. The minimum atomic E-state index is -3.54. The molecule has 0 radical (unpaired) electrons. The lowest BCUT2D eigenvalue weighted by molar-refractivity contribution is 0.525. The fraction of sp³-hybridized carbons (Fsp3) is 0.615. The topological polar surface area (TPSA) is 82.7 Å². The van der Waals surface area contributed by atoms with Crippen molar-refractivity contribution in [2.45, 2.75) is 57.6 Å². The Morgan fingerprint density at radius 1 is 1.29 bits per heavy atom. The molecule has 0 amide bonds. The van der Waals surface area contributed by atoms with Gasteiger partial charge in [-0.15, -0.1) is 10.2 Å². The van der Waals surface area contributed by atoms with Crippen LogP contribution in [-0.2, 0) is 22.1 Å². The molecule has 8 heteroatoms. The predicted molar refractivity (Wildman–Crippen MR) is 78.6 cm³/mol. The van der Waals surface area contributed by atoms with Crippen molar-refractivity contribution in [1.82, 2.24) is 24.5 Å². The largest absolute Gasteiger partial charge is 0.302 e. The maximum Gasteiger partial charge on any atom is 0.250 e. The Kier molecular flexibility index (Phi) is 4.46. The molecule has 116 valence electrons. The zero-order valence-electron chi connectivity index (χ0n) is 12.8. The molecule has 0 saturated carbocycles. The second-order valence-corrected chi connectivity index (χ2v) is 7.20. The van der Waals surface area contributed by atoms with Gasteiger partial charge in [0.05, 0.1) is 5.69 Å². The summed E-state index contributed by atoms with van der Waals surface area (Å²) in [6, 6.07) is 1.93. The van der Waals surface area contributed by atoms with Gasteiger partial charge in [-0.3, -0.25) is 4.68 Å². The molecule has 2 heterocycles. The van der Waals surface area contributed by atoms with E-state index in [4.69, 9.17) is 0 Å². The van der Waals surface area contributed by atoms with Gasteiger partial charge in [0.1, 0.15) is 11.6 Å². The van der Waals surface area contributed by atoms with Gasteiger partial charge in [0.15, 0.2) is 0 Å². The number of hydrogen-bond donors (Lipinski definition) is 0. The van der Waals surface area contributed by atoms with E-state index in [1.807, 2.05) is 20.8 Å². The Hall–Kier alpha value is -1.70. The number of rotatable bonds is 6. The van der Waals surface area contributed by atoms with Crippen molar-refractivity contribution < 1.29 is 8.42 Å². The fourth-order valence-corrected chi connectivity index (χ4v) is 3.47. The third-order valence-corrected chi connectivity index (χ3v) is 4.69. The lowest BCUT2D eigenvalue weighted by Crippen LogP contribution is -2.14. The maximum atomic E-state index is 12.5. The number of aryl methyl sites for hydroxylation is 1. The van der Waals surface area contributed by atoms with Gasteiger partial charge in [-0.05, 0) is 33.3 Å². The first-order valence-electron chi connectivity index (χ1n) is 7.01. The van der Waals surface area contributed by atoms with Gasteiger partial charge in [0.25, 0.3) is 0 Å². The molecule has 0 aliphatic carbocycles. The Morgan fingerprint density at radius 2 is 2.00 bits per heavy atom. The van der Waals surface area contributed by atoms with E-state index in [9.17, 15) is 8.42 Å². The normalized spacial score (nSPS) is 12.2. The summed E-state index contributed by atoms with van der Waals surface area (Å²) in [5, 5.41) is 12.0. The summed E-state index contributed by atoms with van der Waals surface area (Å²) in [5.74, 6) is 0.456. The average Bonchev–Trinajstić information content (AvgIpc) is 2.98. The van der Waals surface area contributed by atoms with Crippen LogP contribution in [0.2, 0.25) is 0 Å². The molecule has 21 heavy (non-hydrogen) atoms. The van der Waals surface area contributed by atoms with E-state index in [1.54, 1.807) is 28.4 Å². The predicted octanol–water partition coefficient (Wildman–Crippen LogP) is 1.75. The number of nitrogens with zero attached hydrogens (tertiary/aromatic N) is 5. The SMILES string of the molecule is CCCn1c(C)nnc1S(=O)(=O)Cc1ccn(C(C)C)n1. The molecule has 0 fully saturated rings. The first-order valence-corrected chi connectivity index (χ1v) is 8.67. The van der Waals surface area contributed by atoms with Gasteiger partial charge in [0, 0.05) is 18.8 Å². The summed E-state index contributed by atoms with van der Waals surface area (Å²) < 4.78 is 28.4. The quantitative estimate of drug-likeness (QED) is 0.811. The molecule has 0 N–H and O–H groups in total. The molecule has 0 saturated heterocycles. The fourth-order valence-electron chi connectivity index (χ4n) is 2.07. The van der Waals surface area contributed by atoms with Gasteiger partial charge in [-0.1, -0.05) is 6.92 Å². The van der Waals surface area contributed by atoms with Gasteiger partial charge in [0.2, 0.25) is 15.0 Å². The van der Waals surface area contributed by atoms with Crippen LogP contribution in [0.3, 0.4) is 0 Å². The lowest BCUT2D eigenvalue weighted by Gasteiger charge is -2.07. The van der Waals surface area contributed by atoms with Crippen LogP contribution in [0.5, 0.6) is 0 Å². The molecule has 7 nitrogen and oxygen atoms in total. The van der Waals surface area contributed by atoms with Gasteiger partial charge in [-0.2, -0.15) is 5.10 Å². The smallest absolute Gasteiger partial charge is 0.250 e. The molecule has 0 spiro atoms. The van der Waals surface area contributed by atoms with E-state index in [1.165, 1.54) is 0 Å². The molecule has 0 aliphatic heterocycles. The molecule has 2 aromatic rings. The third kappa shape index (κ3) is 3.31. The van der Waals surface area contributed by atoms with Crippen molar-refractivity contribution in [3.63, 3.8) is 0 Å². The molecular formula is C13H21N5O2S. The van der Waals surface area contributed by atoms with Crippen LogP contribution in [0.1, 0.15) is 44.8 Å². The van der Waals surface area contributed by atoms with E-state index < -0.39 is 9.84 Å². The standard InChI is InChI=1S/C13H21N5O2S/c1-5-7-17-11(4)14-15-13(17)21(19,20)9-12-6-8-18(16-12)10(2)3/h6,8,10H,5,7,9H2,1-4H3. The van der Waals surface area contributed by atoms with Crippen LogP contribution in [0.25, 0.3) is 0 Å². The Labute approximate surface area is 124 Å². The number of hydrogen-bond acceptors (Lipinski definition) is 5. The molecule has 2 aromatic heterocycles. The highest BCUT2D eigenvalue weighted by Gasteiger charge is 2.24. The second kappa shape index (κ2) is 5.97. The lowest BCUT2D eigenvalue weighted by atomic mass is 10.4. The highest BCUT2D eigenvalue weighted by atomic mass is 32.2. The Bertz CT molecular complexity index is 715. The van der Waals surface area contributed by atoms with E-state index >= 15 is 0 Å². The van der Waals surface area contributed by atoms with Crippen molar-refractivity contribution in [2.24, 2.45) is 0 Å². The zero-order valence-corrected chi connectivity index (χ0v) is 13.6. The highest BCUT2D eigenvalue weighted by molar-refractivity contribution is 7.90. The summed E-state index contributed by atoms with van der Waals surface area (Å²) in [7, 11) is -3.54. The van der Waals surface area contributed by atoms with Crippen LogP contribution >= 0.6 is 0 Å². The molecular weight excluding hydrogens is 290 g/mol. The van der Waals surface area contributed by atoms with Crippen molar-refractivity contribution in [2.75, 3.05) is 0 Å². The zero-order chi connectivity index (χ0) is 15.6. The van der Waals surface area contributed by atoms with E-state index in [-0.39, 0.29) is 17.0 Å². The molecule has 0 unspecified atom stereocenters. The van der Waals surface area contributed by atoms with Crippen molar-refractivity contribution in [3.8, 4) is 0 Å². The Morgan fingerprint density at radius 3 is 2.57 bits per heavy atom. The number of aromatic nitrogens is 5. The first kappa shape index (κ1) is 15.7. The minimum absolute atomic E-state index is 0.0287. The van der Waals surface area contributed by atoms with E-state index in [0.29, 0.717) is 18.1 Å².